The second-order valence-corrected chi connectivity index (χ2v) is 12.7. The summed E-state index contributed by atoms with van der Waals surface area (Å²) < 4.78 is 22.1. The van der Waals surface area contributed by atoms with E-state index in [4.69, 9.17) is 9.05 Å². The van der Waals surface area contributed by atoms with Gasteiger partial charge in [-0.2, -0.15) is 0 Å². The van der Waals surface area contributed by atoms with Crippen LogP contribution in [-0.2, 0) is 18.4 Å². The largest absolute Gasteiger partial charge is 0.388 e. The number of carbonyl (C=O) groups is 1. The van der Waals surface area contributed by atoms with Crippen molar-refractivity contribution in [3.8, 4) is 0 Å². The van der Waals surface area contributed by atoms with Gasteiger partial charge in [-0.3, -0.25) is 4.79 Å². The zero-order chi connectivity index (χ0) is 23.0. The van der Waals surface area contributed by atoms with Crippen molar-refractivity contribution in [3.63, 3.8) is 0 Å². The molecular formula is C24H50NO4PS. The smallest absolute Gasteiger partial charge is 0.356 e. The Kier molecular flexibility index (Phi) is 23.1. The molecule has 0 aromatic rings. The van der Waals surface area contributed by atoms with Crippen molar-refractivity contribution in [1.29, 1.82) is 0 Å². The Morgan fingerprint density at radius 3 is 1.77 bits per heavy atom. The molecule has 1 N–H and O–H groups in total. The lowest BCUT2D eigenvalue weighted by atomic mass is 10.0. The number of unbranched alkanes of at least 4 members (excludes halogenated alkanes) is 15. The lowest BCUT2D eigenvalue weighted by Gasteiger charge is -2.12. The number of carbonyl (C=O) groups excluding carboxylic acids is 1. The SMILES string of the molecule is CCCCCCCCCCCCCCCC(=O)NCCCCCCOP(=O)(OC)SC. The maximum atomic E-state index is 11.9. The van der Waals surface area contributed by atoms with Crippen LogP contribution in [0.4, 0.5) is 0 Å². The van der Waals surface area contributed by atoms with Crippen LogP contribution in [0, 0.1) is 0 Å². The van der Waals surface area contributed by atoms with Crippen LogP contribution in [-0.4, -0.2) is 32.4 Å². The molecule has 5 nitrogen and oxygen atoms in total. The van der Waals surface area contributed by atoms with Crippen LogP contribution in [0.3, 0.4) is 0 Å². The van der Waals surface area contributed by atoms with Gasteiger partial charge in [0.25, 0.3) is 0 Å². The van der Waals surface area contributed by atoms with Gasteiger partial charge in [0.2, 0.25) is 5.91 Å². The first kappa shape index (κ1) is 31.0. The summed E-state index contributed by atoms with van der Waals surface area (Å²) in [4.78, 5) is 11.9. The number of hydrogen-bond acceptors (Lipinski definition) is 5. The molecule has 0 aromatic carbocycles. The van der Waals surface area contributed by atoms with Crippen molar-refractivity contribution in [2.75, 3.05) is 26.5 Å². The van der Waals surface area contributed by atoms with E-state index in [0.717, 1.165) is 50.0 Å². The van der Waals surface area contributed by atoms with Gasteiger partial charge in [-0.15, -0.1) is 0 Å². The van der Waals surface area contributed by atoms with Crippen LogP contribution >= 0.6 is 18.2 Å². The van der Waals surface area contributed by atoms with E-state index in [9.17, 15) is 9.36 Å². The first-order chi connectivity index (χ1) is 15.1. The molecule has 0 heterocycles. The summed E-state index contributed by atoms with van der Waals surface area (Å²) in [7, 11) is 1.41. The minimum atomic E-state index is -2.93. The predicted octanol–water partition coefficient (Wildman–Crippen LogP) is 8.28. The molecule has 31 heavy (non-hydrogen) atoms. The normalized spacial score (nSPS) is 13.3. The Morgan fingerprint density at radius 1 is 0.774 bits per heavy atom. The molecule has 7 heteroatoms. The zero-order valence-electron chi connectivity index (χ0n) is 20.6. The van der Waals surface area contributed by atoms with Gasteiger partial charge >= 0.3 is 6.80 Å². The summed E-state index contributed by atoms with van der Waals surface area (Å²) >= 11 is 1.13. The van der Waals surface area contributed by atoms with E-state index in [0.29, 0.717) is 13.0 Å². The van der Waals surface area contributed by atoms with Gasteiger partial charge in [0.05, 0.1) is 6.61 Å². The molecule has 0 radical (unpaired) electrons. The molecule has 0 bridgehead atoms. The second-order valence-electron chi connectivity index (χ2n) is 8.40. The highest BCUT2D eigenvalue weighted by Gasteiger charge is 2.20. The van der Waals surface area contributed by atoms with Crippen molar-refractivity contribution < 1.29 is 18.4 Å². The zero-order valence-corrected chi connectivity index (χ0v) is 22.3. The highest BCUT2D eigenvalue weighted by molar-refractivity contribution is 8.54. The number of nitrogens with one attached hydrogen (secondary N) is 1. The van der Waals surface area contributed by atoms with E-state index in [-0.39, 0.29) is 5.91 Å². The third-order valence-corrected chi connectivity index (χ3v) is 9.10. The summed E-state index contributed by atoms with van der Waals surface area (Å²) in [6.07, 6.45) is 23.6. The molecule has 0 saturated heterocycles. The summed E-state index contributed by atoms with van der Waals surface area (Å²) in [6.45, 7) is 0.549. The molecule has 0 fully saturated rings. The summed E-state index contributed by atoms with van der Waals surface area (Å²) in [5.74, 6) is 0.187. The van der Waals surface area contributed by atoms with Gasteiger partial charge in [0.1, 0.15) is 0 Å². The number of hydrogen-bond donors (Lipinski definition) is 1. The van der Waals surface area contributed by atoms with Gasteiger partial charge < -0.3 is 14.4 Å². The number of amides is 1. The third kappa shape index (κ3) is 21.6. The molecule has 0 aromatic heterocycles. The van der Waals surface area contributed by atoms with Gasteiger partial charge in [-0.05, 0) is 36.9 Å². The first-order valence-electron chi connectivity index (χ1n) is 12.7. The molecular weight excluding hydrogens is 429 g/mol. The molecule has 0 aliphatic rings. The monoisotopic (exact) mass is 479 g/mol. The molecule has 0 saturated carbocycles. The maximum Gasteiger partial charge on any atom is 0.388 e. The van der Waals surface area contributed by atoms with Crippen LogP contribution in [0.2, 0.25) is 0 Å². The van der Waals surface area contributed by atoms with Crippen molar-refractivity contribution in [1.82, 2.24) is 5.32 Å². The van der Waals surface area contributed by atoms with Crippen LogP contribution in [0.1, 0.15) is 122 Å². The van der Waals surface area contributed by atoms with Gasteiger partial charge in [-0.25, -0.2) is 4.57 Å². The second kappa shape index (κ2) is 23.1. The maximum absolute atomic E-state index is 11.9. The molecule has 0 aliphatic carbocycles. The number of rotatable bonds is 24. The van der Waals surface area contributed by atoms with Crippen LogP contribution in [0.5, 0.6) is 0 Å². The van der Waals surface area contributed by atoms with E-state index < -0.39 is 6.80 Å². The van der Waals surface area contributed by atoms with Crippen molar-refractivity contribution in [2.24, 2.45) is 0 Å². The van der Waals surface area contributed by atoms with Crippen molar-refractivity contribution >= 4 is 24.1 Å². The minimum absolute atomic E-state index is 0.187. The van der Waals surface area contributed by atoms with Gasteiger partial charge in [0, 0.05) is 20.1 Å². The standard InChI is InChI=1S/C24H50NO4PS/c1-4-5-6-7-8-9-10-11-12-13-14-15-18-21-24(26)25-22-19-16-17-20-23-29-30(27,28-2)31-3/h4-23H2,1-3H3,(H,25,26). The summed E-state index contributed by atoms with van der Waals surface area (Å²) in [5.41, 5.74) is 0. The highest BCUT2D eigenvalue weighted by Crippen LogP contribution is 2.58. The van der Waals surface area contributed by atoms with Gasteiger partial charge in [-0.1, -0.05) is 96.8 Å². The Labute approximate surface area is 196 Å². The van der Waals surface area contributed by atoms with E-state index in [1.54, 1.807) is 6.26 Å². The van der Waals surface area contributed by atoms with Crippen LogP contribution in [0.15, 0.2) is 0 Å². The highest BCUT2D eigenvalue weighted by atomic mass is 32.7. The minimum Gasteiger partial charge on any atom is -0.356 e. The Morgan fingerprint density at radius 2 is 1.26 bits per heavy atom. The quantitative estimate of drug-likeness (QED) is 0.111. The summed E-state index contributed by atoms with van der Waals surface area (Å²) in [6, 6.07) is 0. The fourth-order valence-electron chi connectivity index (χ4n) is 3.56. The molecule has 1 atom stereocenters. The average molecular weight is 480 g/mol. The van der Waals surface area contributed by atoms with E-state index in [2.05, 4.69) is 12.2 Å². The van der Waals surface area contributed by atoms with Crippen LogP contribution < -0.4 is 5.32 Å². The van der Waals surface area contributed by atoms with E-state index in [1.165, 1.54) is 84.2 Å². The average Bonchev–Trinajstić information content (AvgIpc) is 2.78. The lowest BCUT2D eigenvalue weighted by molar-refractivity contribution is -0.121. The lowest BCUT2D eigenvalue weighted by Crippen LogP contribution is -2.23. The Balaban J connectivity index is 3.27. The third-order valence-electron chi connectivity index (χ3n) is 5.60. The van der Waals surface area contributed by atoms with Gasteiger partial charge in [0.15, 0.2) is 0 Å². The Hall–Kier alpha value is -0.0300. The van der Waals surface area contributed by atoms with Crippen molar-refractivity contribution in [3.05, 3.63) is 0 Å². The molecule has 1 amide bonds. The molecule has 1 unspecified atom stereocenters. The molecule has 186 valence electrons. The molecule has 0 spiro atoms. The fourth-order valence-corrected chi connectivity index (χ4v) is 5.26. The van der Waals surface area contributed by atoms with E-state index >= 15 is 0 Å². The molecule has 0 rings (SSSR count). The predicted molar refractivity (Wildman–Crippen MR) is 136 cm³/mol. The van der Waals surface area contributed by atoms with Crippen LogP contribution in [0.25, 0.3) is 0 Å². The topological polar surface area (TPSA) is 64.6 Å². The fraction of sp³-hybridized carbons (Fsp3) is 0.958. The van der Waals surface area contributed by atoms with E-state index in [1.807, 2.05) is 0 Å². The summed E-state index contributed by atoms with van der Waals surface area (Å²) in [5, 5.41) is 3.02. The Bertz CT molecular complexity index is 443. The molecule has 0 aliphatic heterocycles. The van der Waals surface area contributed by atoms with Crippen molar-refractivity contribution in [2.45, 2.75) is 122 Å². The first-order valence-corrected chi connectivity index (χ1v) is 16.1.